The van der Waals surface area contributed by atoms with Crippen LogP contribution in [0.2, 0.25) is 0 Å². The number of carbonyl (C=O) groups is 2. The first-order valence-corrected chi connectivity index (χ1v) is 5.11. The van der Waals surface area contributed by atoms with Crippen LogP contribution in [0.1, 0.15) is 31.8 Å². The molecule has 0 bridgehead atoms. The summed E-state index contributed by atoms with van der Waals surface area (Å²) in [5.41, 5.74) is 3.27. The zero-order chi connectivity index (χ0) is 11.7. The van der Waals surface area contributed by atoms with E-state index in [1.807, 2.05) is 26.0 Å². The Balaban J connectivity index is 2.83. The van der Waals surface area contributed by atoms with Crippen molar-refractivity contribution in [2.24, 2.45) is 0 Å². The number of hydrogen-bond donors (Lipinski definition) is 0. The molecule has 0 spiro atoms. The molecule has 0 heterocycles. The van der Waals surface area contributed by atoms with Crippen molar-refractivity contribution in [1.29, 1.82) is 0 Å². The third-order valence-corrected chi connectivity index (χ3v) is 2.91. The first-order valence-electron chi connectivity index (χ1n) is 5.11. The summed E-state index contributed by atoms with van der Waals surface area (Å²) in [6.07, 6.45) is 1.44. The van der Waals surface area contributed by atoms with Crippen molar-refractivity contribution in [2.45, 2.75) is 13.8 Å². The van der Waals surface area contributed by atoms with Crippen LogP contribution in [0.15, 0.2) is 24.3 Å². The summed E-state index contributed by atoms with van der Waals surface area (Å²) in [6, 6.07) is 7.59. The van der Waals surface area contributed by atoms with Crippen LogP contribution in [0.4, 0.5) is 0 Å². The average molecular weight is 212 g/mol. The normalized spacial score (nSPS) is 10.4. The Bertz CT molecular complexity index is 530. The van der Waals surface area contributed by atoms with Gasteiger partial charge in [-0.3, -0.25) is 9.59 Å². The zero-order valence-electron chi connectivity index (χ0n) is 9.28. The SMILES string of the molecule is Cc1cc2cc(C=O)c(C=O)cc2cc1C. The topological polar surface area (TPSA) is 34.1 Å². The van der Waals surface area contributed by atoms with Gasteiger partial charge >= 0.3 is 0 Å². The fourth-order valence-electron chi connectivity index (χ4n) is 1.82. The van der Waals surface area contributed by atoms with Crippen molar-refractivity contribution in [3.8, 4) is 0 Å². The molecule has 16 heavy (non-hydrogen) atoms. The number of hydrogen-bond acceptors (Lipinski definition) is 2. The summed E-state index contributed by atoms with van der Waals surface area (Å²) >= 11 is 0. The molecule has 0 unspecified atom stereocenters. The Kier molecular flexibility index (Phi) is 2.57. The second kappa shape index (κ2) is 3.89. The minimum absolute atomic E-state index is 0.450. The van der Waals surface area contributed by atoms with Crippen LogP contribution >= 0.6 is 0 Å². The van der Waals surface area contributed by atoms with Crippen LogP contribution in [0.5, 0.6) is 0 Å². The van der Waals surface area contributed by atoms with Crippen LogP contribution in [0.3, 0.4) is 0 Å². The molecule has 0 atom stereocenters. The molecule has 0 aliphatic rings. The highest BCUT2D eigenvalue weighted by Gasteiger charge is 2.05. The van der Waals surface area contributed by atoms with Crippen molar-refractivity contribution in [3.05, 3.63) is 46.5 Å². The highest BCUT2D eigenvalue weighted by molar-refractivity contribution is 5.98. The maximum Gasteiger partial charge on any atom is 0.150 e. The van der Waals surface area contributed by atoms with Crippen molar-refractivity contribution in [3.63, 3.8) is 0 Å². The molecule has 0 aliphatic carbocycles. The third kappa shape index (κ3) is 1.63. The summed E-state index contributed by atoms with van der Waals surface area (Å²) in [4.78, 5) is 21.6. The highest BCUT2D eigenvalue weighted by Crippen LogP contribution is 2.22. The molecule has 0 radical (unpaired) electrons. The Morgan fingerprint density at radius 1 is 0.750 bits per heavy atom. The zero-order valence-corrected chi connectivity index (χ0v) is 9.28. The molecule has 2 rings (SSSR count). The number of aryl methyl sites for hydroxylation is 2. The lowest BCUT2D eigenvalue weighted by Gasteiger charge is -2.06. The fourth-order valence-corrected chi connectivity index (χ4v) is 1.82. The number of rotatable bonds is 2. The number of carbonyl (C=O) groups excluding carboxylic acids is 2. The van der Waals surface area contributed by atoms with E-state index in [0.717, 1.165) is 23.3 Å². The Morgan fingerprint density at radius 3 is 1.44 bits per heavy atom. The van der Waals surface area contributed by atoms with E-state index in [1.54, 1.807) is 12.1 Å². The average Bonchev–Trinajstić information content (AvgIpc) is 2.29. The van der Waals surface area contributed by atoms with Crippen LogP contribution in [-0.4, -0.2) is 12.6 Å². The molecule has 0 saturated carbocycles. The molecular weight excluding hydrogens is 200 g/mol. The van der Waals surface area contributed by atoms with Gasteiger partial charge in [-0.1, -0.05) is 12.1 Å². The molecule has 80 valence electrons. The summed E-state index contributed by atoms with van der Waals surface area (Å²) in [5, 5.41) is 1.99. The molecule has 2 aromatic carbocycles. The van der Waals surface area contributed by atoms with E-state index < -0.39 is 0 Å². The molecule has 2 heteroatoms. The van der Waals surface area contributed by atoms with E-state index in [0.29, 0.717) is 11.1 Å². The lowest BCUT2D eigenvalue weighted by Crippen LogP contribution is -1.92. The molecule has 0 saturated heterocycles. The molecule has 0 amide bonds. The predicted molar refractivity (Wildman–Crippen MR) is 64.2 cm³/mol. The second-order valence-electron chi connectivity index (χ2n) is 4.00. The second-order valence-corrected chi connectivity index (χ2v) is 4.00. The van der Waals surface area contributed by atoms with Gasteiger partial charge in [-0.05, 0) is 47.9 Å². The monoisotopic (exact) mass is 212 g/mol. The van der Waals surface area contributed by atoms with Crippen molar-refractivity contribution >= 4 is 23.3 Å². The first-order chi connectivity index (χ1) is 7.65. The fraction of sp³-hybridized carbons (Fsp3) is 0.143. The Labute approximate surface area is 93.9 Å². The van der Waals surface area contributed by atoms with Gasteiger partial charge in [0.05, 0.1) is 0 Å². The van der Waals surface area contributed by atoms with Crippen molar-refractivity contribution in [2.75, 3.05) is 0 Å². The minimum atomic E-state index is 0.450. The van der Waals surface area contributed by atoms with Gasteiger partial charge in [0.25, 0.3) is 0 Å². The maximum atomic E-state index is 10.8. The highest BCUT2D eigenvalue weighted by atomic mass is 16.1. The molecule has 0 N–H and O–H groups in total. The van der Waals surface area contributed by atoms with Crippen LogP contribution < -0.4 is 0 Å². The maximum absolute atomic E-state index is 10.8. The largest absolute Gasteiger partial charge is 0.298 e. The van der Waals surface area contributed by atoms with Crippen molar-refractivity contribution in [1.82, 2.24) is 0 Å². The van der Waals surface area contributed by atoms with Crippen molar-refractivity contribution < 1.29 is 9.59 Å². The molecule has 0 fully saturated rings. The summed E-state index contributed by atoms with van der Waals surface area (Å²) in [6.45, 7) is 4.06. The predicted octanol–water partition coefficient (Wildman–Crippen LogP) is 3.08. The number of aldehydes is 2. The smallest absolute Gasteiger partial charge is 0.150 e. The van der Waals surface area contributed by atoms with E-state index in [1.165, 1.54) is 11.1 Å². The molecule has 2 nitrogen and oxygen atoms in total. The lowest BCUT2D eigenvalue weighted by atomic mass is 9.98. The van der Waals surface area contributed by atoms with Crippen LogP contribution in [-0.2, 0) is 0 Å². The summed E-state index contributed by atoms with van der Waals surface area (Å²) < 4.78 is 0. The van der Waals surface area contributed by atoms with Gasteiger partial charge in [-0.15, -0.1) is 0 Å². The summed E-state index contributed by atoms with van der Waals surface area (Å²) in [5.74, 6) is 0. The summed E-state index contributed by atoms with van der Waals surface area (Å²) in [7, 11) is 0. The number of fused-ring (bicyclic) bond motifs is 1. The third-order valence-electron chi connectivity index (χ3n) is 2.91. The van der Waals surface area contributed by atoms with Crippen LogP contribution in [0, 0.1) is 13.8 Å². The van der Waals surface area contributed by atoms with Gasteiger partial charge in [0.15, 0.2) is 12.6 Å². The quantitative estimate of drug-likeness (QED) is 0.717. The number of benzene rings is 2. The Morgan fingerprint density at radius 2 is 1.12 bits per heavy atom. The Hall–Kier alpha value is -1.96. The van der Waals surface area contributed by atoms with Gasteiger partial charge in [-0.25, -0.2) is 0 Å². The lowest BCUT2D eigenvalue weighted by molar-refractivity contribution is 0.109. The van der Waals surface area contributed by atoms with E-state index in [2.05, 4.69) is 0 Å². The van der Waals surface area contributed by atoms with E-state index >= 15 is 0 Å². The van der Waals surface area contributed by atoms with Gasteiger partial charge in [0.1, 0.15) is 0 Å². The first kappa shape index (κ1) is 10.6. The van der Waals surface area contributed by atoms with Gasteiger partial charge in [-0.2, -0.15) is 0 Å². The molecular formula is C14H12O2. The van der Waals surface area contributed by atoms with E-state index in [-0.39, 0.29) is 0 Å². The molecule has 0 aliphatic heterocycles. The van der Waals surface area contributed by atoms with E-state index in [9.17, 15) is 9.59 Å². The van der Waals surface area contributed by atoms with E-state index in [4.69, 9.17) is 0 Å². The minimum Gasteiger partial charge on any atom is -0.298 e. The molecule has 0 aromatic heterocycles. The molecule has 2 aromatic rings. The van der Waals surface area contributed by atoms with Crippen LogP contribution in [0.25, 0.3) is 10.8 Å². The van der Waals surface area contributed by atoms with Gasteiger partial charge < -0.3 is 0 Å². The van der Waals surface area contributed by atoms with Gasteiger partial charge in [0.2, 0.25) is 0 Å². The standard InChI is InChI=1S/C14H12O2/c1-9-3-11-5-13(7-15)14(8-16)6-12(11)4-10(9)2/h3-8H,1-2H3. The van der Waals surface area contributed by atoms with Gasteiger partial charge in [0, 0.05) is 11.1 Å².